The van der Waals surface area contributed by atoms with Gasteiger partial charge in [-0.1, -0.05) is 5.92 Å². The lowest BCUT2D eigenvalue weighted by molar-refractivity contribution is -0.120. The Morgan fingerprint density at radius 3 is 3.13 bits per heavy atom. The molecule has 0 radical (unpaired) electrons. The Kier molecular flexibility index (Phi) is 5.06. The molecule has 0 aliphatic heterocycles. The van der Waals surface area contributed by atoms with E-state index >= 15 is 0 Å². The molecule has 0 saturated carbocycles. The molecule has 80 valence electrons. The van der Waals surface area contributed by atoms with E-state index in [9.17, 15) is 4.79 Å². The van der Waals surface area contributed by atoms with Crippen molar-refractivity contribution >= 4 is 5.91 Å². The van der Waals surface area contributed by atoms with E-state index in [0.29, 0.717) is 19.5 Å². The average Bonchev–Trinajstić information content (AvgIpc) is 2.74. The zero-order valence-corrected chi connectivity index (χ0v) is 8.55. The summed E-state index contributed by atoms with van der Waals surface area (Å²) in [6, 6.07) is 1.99. The van der Waals surface area contributed by atoms with Gasteiger partial charge in [-0.15, -0.1) is 6.42 Å². The topological polar surface area (TPSA) is 56.9 Å². The van der Waals surface area contributed by atoms with Gasteiger partial charge < -0.3 is 15.6 Å². The summed E-state index contributed by atoms with van der Waals surface area (Å²) in [5, 5.41) is 5.77. The number of rotatable bonds is 6. The van der Waals surface area contributed by atoms with E-state index in [-0.39, 0.29) is 5.91 Å². The molecule has 0 atom stereocenters. The molecule has 1 rings (SSSR count). The zero-order valence-electron chi connectivity index (χ0n) is 8.55. The maximum atomic E-state index is 11.1. The molecule has 0 spiro atoms. The highest BCUT2D eigenvalue weighted by Crippen LogP contribution is 1.94. The number of H-pyrrole nitrogens is 1. The largest absolute Gasteiger partial charge is 0.367 e. The Morgan fingerprint density at radius 2 is 2.47 bits per heavy atom. The molecular weight excluding hydrogens is 190 g/mol. The van der Waals surface area contributed by atoms with Crippen molar-refractivity contribution in [1.82, 2.24) is 15.6 Å². The zero-order chi connectivity index (χ0) is 10.9. The fourth-order valence-electron chi connectivity index (χ4n) is 1.14. The highest BCUT2D eigenvalue weighted by Gasteiger charge is 1.98. The van der Waals surface area contributed by atoms with Crippen LogP contribution in [0.15, 0.2) is 18.5 Å². The van der Waals surface area contributed by atoms with E-state index in [4.69, 9.17) is 6.42 Å². The number of carbonyl (C=O) groups excluding carboxylic acids is 1. The predicted molar refractivity (Wildman–Crippen MR) is 59.0 cm³/mol. The molecule has 4 heteroatoms. The second-order valence-electron chi connectivity index (χ2n) is 3.13. The third kappa shape index (κ3) is 4.89. The van der Waals surface area contributed by atoms with Gasteiger partial charge in [0.15, 0.2) is 0 Å². The van der Waals surface area contributed by atoms with Crippen LogP contribution in [0.3, 0.4) is 0 Å². The van der Waals surface area contributed by atoms with Gasteiger partial charge in [0.05, 0.1) is 6.54 Å². The summed E-state index contributed by atoms with van der Waals surface area (Å²) >= 11 is 0. The number of aromatic amines is 1. The molecule has 15 heavy (non-hydrogen) atoms. The number of hydrogen-bond acceptors (Lipinski definition) is 2. The molecule has 4 nitrogen and oxygen atoms in total. The SMILES string of the molecule is C#CCNC(=O)CCNCc1cc[nH]c1. The molecule has 3 N–H and O–H groups in total. The van der Waals surface area contributed by atoms with Crippen molar-refractivity contribution in [3.05, 3.63) is 24.0 Å². The highest BCUT2D eigenvalue weighted by atomic mass is 16.1. The molecule has 1 aromatic rings. The Labute approximate surface area is 89.5 Å². The summed E-state index contributed by atoms with van der Waals surface area (Å²) in [6.45, 7) is 1.73. The van der Waals surface area contributed by atoms with Gasteiger partial charge in [-0.3, -0.25) is 4.79 Å². The van der Waals surface area contributed by atoms with Crippen molar-refractivity contribution in [2.75, 3.05) is 13.1 Å². The van der Waals surface area contributed by atoms with Gasteiger partial charge >= 0.3 is 0 Å². The lowest BCUT2D eigenvalue weighted by Gasteiger charge is -2.03. The maximum Gasteiger partial charge on any atom is 0.222 e. The predicted octanol–water partition coefficient (Wildman–Crippen LogP) is 0.244. The summed E-state index contributed by atoms with van der Waals surface area (Å²) in [5.41, 5.74) is 1.18. The molecule has 0 aliphatic carbocycles. The minimum absolute atomic E-state index is 0.0190. The minimum atomic E-state index is -0.0190. The van der Waals surface area contributed by atoms with Crippen LogP contribution in [0.1, 0.15) is 12.0 Å². The van der Waals surface area contributed by atoms with Gasteiger partial charge in [0.2, 0.25) is 5.91 Å². The van der Waals surface area contributed by atoms with Crippen LogP contribution in [-0.4, -0.2) is 24.0 Å². The van der Waals surface area contributed by atoms with Crippen LogP contribution in [-0.2, 0) is 11.3 Å². The smallest absolute Gasteiger partial charge is 0.222 e. The van der Waals surface area contributed by atoms with Crippen LogP contribution in [0.4, 0.5) is 0 Å². The van der Waals surface area contributed by atoms with Crippen molar-refractivity contribution in [3.63, 3.8) is 0 Å². The van der Waals surface area contributed by atoms with Crippen LogP contribution in [0, 0.1) is 12.3 Å². The first-order valence-electron chi connectivity index (χ1n) is 4.85. The van der Waals surface area contributed by atoms with Gasteiger partial charge in [-0.05, 0) is 11.6 Å². The first-order chi connectivity index (χ1) is 7.33. The van der Waals surface area contributed by atoms with Crippen LogP contribution >= 0.6 is 0 Å². The van der Waals surface area contributed by atoms with Gasteiger partial charge in [-0.2, -0.15) is 0 Å². The molecule has 0 unspecified atom stereocenters. The molecule has 1 heterocycles. The lowest BCUT2D eigenvalue weighted by Crippen LogP contribution is -2.27. The summed E-state index contributed by atoms with van der Waals surface area (Å²) in [7, 11) is 0. The quantitative estimate of drug-likeness (QED) is 0.460. The Morgan fingerprint density at radius 1 is 1.60 bits per heavy atom. The van der Waals surface area contributed by atoms with E-state index in [1.807, 2.05) is 18.5 Å². The Balaban J connectivity index is 2.02. The van der Waals surface area contributed by atoms with E-state index in [0.717, 1.165) is 6.54 Å². The van der Waals surface area contributed by atoms with E-state index in [1.54, 1.807) is 0 Å². The maximum absolute atomic E-state index is 11.1. The second-order valence-corrected chi connectivity index (χ2v) is 3.13. The summed E-state index contributed by atoms with van der Waals surface area (Å²) in [6.07, 6.45) is 9.26. The minimum Gasteiger partial charge on any atom is -0.367 e. The number of aromatic nitrogens is 1. The van der Waals surface area contributed by atoms with Crippen LogP contribution in [0.25, 0.3) is 0 Å². The summed E-state index contributed by atoms with van der Waals surface area (Å²) in [5.74, 6) is 2.34. The molecule has 1 aromatic heterocycles. The highest BCUT2D eigenvalue weighted by molar-refractivity contribution is 5.76. The van der Waals surface area contributed by atoms with Gasteiger partial charge in [-0.25, -0.2) is 0 Å². The van der Waals surface area contributed by atoms with Crippen molar-refractivity contribution in [2.45, 2.75) is 13.0 Å². The molecule has 0 saturated heterocycles. The van der Waals surface area contributed by atoms with Gasteiger partial charge in [0.1, 0.15) is 0 Å². The van der Waals surface area contributed by atoms with Gasteiger partial charge in [0.25, 0.3) is 0 Å². The third-order valence-electron chi connectivity index (χ3n) is 1.91. The summed E-state index contributed by atoms with van der Waals surface area (Å²) in [4.78, 5) is 14.1. The van der Waals surface area contributed by atoms with Crippen molar-refractivity contribution in [2.24, 2.45) is 0 Å². The third-order valence-corrected chi connectivity index (χ3v) is 1.91. The monoisotopic (exact) mass is 205 g/mol. The van der Waals surface area contributed by atoms with E-state index in [2.05, 4.69) is 21.5 Å². The van der Waals surface area contributed by atoms with Crippen molar-refractivity contribution in [3.8, 4) is 12.3 Å². The average molecular weight is 205 g/mol. The number of amides is 1. The molecule has 0 fully saturated rings. The normalized spacial score (nSPS) is 9.53. The molecule has 0 aromatic carbocycles. The van der Waals surface area contributed by atoms with Crippen molar-refractivity contribution in [1.29, 1.82) is 0 Å². The van der Waals surface area contributed by atoms with Crippen LogP contribution in [0.2, 0.25) is 0 Å². The fourth-order valence-corrected chi connectivity index (χ4v) is 1.14. The number of carbonyl (C=O) groups is 1. The van der Waals surface area contributed by atoms with Gasteiger partial charge in [0, 0.05) is 31.9 Å². The van der Waals surface area contributed by atoms with Crippen LogP contribution in [0.5, 0.6) is 0 Å². The standard InChI is InChI=1S/C11H15N3O/c1-2-5-14-11(15)4-7-13-9-10-3-6-12-8-10/h1,3,6,8,12-13H,4-5,7,9H2,(H,14,15). The van der Waals surface area contributed by atoms with Crippen molar-refractivity contribution < 1.29 is 4.79 Å². The Bertz CT molecular complexity index is 324. The lowest BCUT2D eigenvalue weighted by atomic mass is 10.3. The molecular formula is C11H15N3O. The molecule has 0 bridgehead atoms. The Hall–Kier alpha value is -1.73. The van der Waals surface area contributed by atoms with Crippen LogP contribution < -0.4 is 10.6 Å². The molecule has 0 aliphatic rings. The first kappa shape index (κ1) is 11.3. The summed E-state index contributed by atoms with van der Waals surface area (Å²) < 4.78 is 0. The first-order valence-corrected chi connectivity index (χ1v) is 4.85. The second kappa shape index (κ2) is 6.68. The molecule has 1 amide bonds. The number of nitrogens with one attached hydrogen (secondary N) is 3. The number of hydrogen-bond donors (Lipinski definition) is 3. The van der Waals surface area contributed by atoms with E-state index in [1.165, 1.54) is 5.56 Å². The van der Waals surface area contributed by atoms with E-state index < -0.39 is 0 Å². The fraction of sp³-hybridized carbons (Fsp3) is 0.364. The number of terminal acetylenes is 1.